The van der Waals surface area contributed by atoms with Gasteiger partial charge in [0.2, 0.25) is 0 Å². The average molecular weight is 241 g/mol. The Kier molecular flexibility index (Phi) is 2.19. The molecular weight excluding hydrogens is 230 g/mol. The summed E-state index contributed by atoms with van der Waals surface area (Å²) in [5, 5.41) is 8.06. The number of imidazole rings is 1. The number of nitrogens with two attached hydrogens (primary N) is 1. The van der Waals surface area contributed by atoms with Gasteiger partial charge in [-0.15, -0.1) is 0 Å². The third-order valence-electron chi connectivity index (χ3n) is 2.67. The van der Waals surface area contributed by atoms with Crippen LogP contribution < -0.4 is 5.73 Å². The fourth-order valence-corrected chi connectivity index (χ4v) is 1.76. The molecule has 3 rings (SSSR count). The lowest BCUT2D eigenvalue weighted by atomic mass is 10.2. The number of anilines is 1. The predicted molar refractivity (Wildman–Crippen MR) is 66.6 cm³/mol. The fraction of sp³-hybridized carbons (Fsp3) is 0.182. The number of fused-ring (bicyclic) bond motifs is 1. The molecule has 0 aromatic carbocycles. The molecule has 7 nitrogen and oxygen atoms in total. The van der Waals surface area contributed by atoms with E-state index in [2.05, 4.69) is 30.1 Å². The summed E-state index contributed by atoms with van der Waals surface area (Å²) in [5.74, 6) is 1.06. The summed E-state index contributed by atoms with van der Waals surface area (Å²) in [6, 6.07) is 1.92. The fourth-order valence-electron chi connectivity index (χ4n) is 1.76. The molecular formula is C11H11N7. The minimum absolute atomic E-state index is 0.384. The van der Waals surface area contributed by atoms with Crippen molar-refractivity contribution in [1.82, 2.24) is 30.1 Å². The molecule has 0 saturated heterocycles. The molecule has 0 radical (unpaired) electrons. The van der Waals surface area contributed by atoms with Gasteiger partial charge in [0.05, 0.1) is 11.4 Å². The molecule has 0 atom stereocenters. The Morgan fingerprint density at radius 3 is 2.78 bits per heavy atom. The number of hydrogen-bond donors (Lipinski definition) is 2. The van der Waals surface area contributed by atoms with Crippen molar-refractivity contribution in [2.75, 3.05) is 5.73 Å². The Bertz CT molecular complexity index is 731. The number of hydrogen-bond acceptors (Lipinski definition) is 6. The Morgan fingerprint density at radius 1 is 1.17 bits per heavy atom. The highest BCUT2D eigenvalue weighted by Gasteiger charge is 2.12. The molecule has 0 aliphatic carbocycles. The third-order valence-corrected chi connectivity index (χ3v) is 2.67. The molecule has 0 unspecified atom stereocenters. The van der Waals surface area contributed by atoms with E-state index >= 15 is 0 Å². The van der Waals surface area contributed by atoms with Gasteiger partial charge in [0.1, 0.15) is 17.7 Å². The van der Waals surface area contributed by atoms with E-state index in [1.807, 2.05) is 19.9 Å². The van der Waals surface area contributed by atoms with E-state index in [0.29, 0.717) is 22.8 Å². The number of rotatable bonds is 1. The van der Waals surface area contributed by atoms with Crippen molar-refractivity contribution in [2.24, 2.45) is 0 Å². The number of nitrogen functional groups attached to an aromatic ring is 1. The summed E-state index contributed by atoms with van der Waals surface area (Å²) in [6.45, 7) is 3.76. The first-order chi connectivity index (χ1) is 8.65. The van der Waals surface area contributed by atoms with Crippen LogP contribution in [0.15, 0.2) is 12.4 Å². The second-order valence-electron chi connectivity index (χ2n) is 4.03. The quantitative estimate of drug-likeness (QED) is 0.658. The van der Waals surface area contributed by atoms with Crippen molar-refractivity contribution in [2.45, 2.75) is 13.8 Å². The number of nitrogens with zero attached hydrogens (tertiary/aromatic N) is 5. The molecule has 18 heavy (non-hydrogen) atoms. The van der Waals surface area contributed by atoms with Gasteiger partial charge in [-0.3, -0.25) is 0 Å². The summed E-state index contributed by atoms with van der Waals surface area (Å²) in [5.41, 5.74) is 9.47. The Labute approximate surface area is 103 Å². The Balaban J connectivity index is 2.26. The zero-order chi connectivity index (χ0) is 12.7. The second kappa shape index (κ2) is 3.73. The topological polar surface area (TPSA) is 106 Å². The molecule has 7 heteroatoms. The van der Waals surface area contributed by atoms with Crippen LogP contribution in [0.25, 0.3) is 22.6 Å². The van der Waals surface area contributed by atoms with E-state index in [0.717, 1.165) is 17.0 Å². The van der Waals surface area contributed by atoms with E-state index in [4.69, 9.17) is 5.73 Å². The lowest BCUT2D eigenvalue weighted by Crippen LogP contribution is -1.94. The van der Waals surface area contributed by atoms with Crippen molar-refractivity contribution < 1.29 is 0 Å². The highest BCUT2D eigenvalue weighted by atomic mass is 15.1. The molecule has 0 bridgehead atoms. The molecule has 0 aliphatic heterocycles. The van der Waals surface area contributed by atoms with Gasteiger partial charge in [0, 0.05) is 5.56 Å². The zero-order valence-corrected chi connectivity index (χ0v) is 9.97. The monoisotopic (exact) mass is 241 g/mol. The van der Waals surface area contributed by atoms with Crippen LogP contribution in [0.1, 0.15) is 11.4 Å². The van der Waals surface area contributed by atoms with Crippen molar-refractivity contribution >= 4 is 17.0 Å². The van der Waals surface area contributed by atoms with Crippen molar-refractivity contribution in [3.05, 3.63) is 23.8 Å². The molecule has 0 aliphatic rings. The minimum Gasteiger partial charge on any atom is -0.382 e. The van der Waals surface area contributed by atoms with Gasteiger partial charge in [0.25, 0.3) is 0 Å². The SMILES string of the molecule is Cc1cc(-c2nc3ncnc(N)c3[nH]2)c(C)nn1. The van der Waals surface area contributed by atoms with Crippen LogP contribution in [-0.4, -0.2) is 30.1 Å². The summed E-state index contributed by atoms with van der Waals surface area (Å²) in [6.07, 6.45) is 1.39. The number of H-pyrrole nitrogens is 1. The minimum atomic E-state index is 0.384. The molecule has 3 aromatic rings. The van der Waals surface area contributed by atoms with Gasteiger partial charge in [-0.05, 0) is 19.9 Å². The maximum atomic E-state index is 5.77. The molecule has 3 heterocycles. The molecule has 3 aromatic heterocycles. The lowest BCUT2D eigenvalue weighted by Gasteiger charge is -2.01. The maximum Gasteiger partial charge on any atom is 0.183 e. The zero-order valence-electron chi connectivity index (χ0n) is 9.97. The number of aromatic nitrogens is 6. The van der Waals surface area contributed by atoms with Crippen LogP contribution in [0.2, 0.25) is 0 Å². The third kappa shape index (κ3) is 1.56. The van der Waals surface area contributed by atoms with E-state index in [-0.39, 0.29) is 0 Å². The largest absolute Gasteiger partial charge is 0.382 e. The van der Waals surface area contributed by atoms with Crippen LogP contribution in [0.4, 0.5) is 5.82 Å². The van der Waals surface area contributed by atoms with Crippen LogP contribution >= 0.6 is 0 Å². The van der Waals surface area contributed by atoms with Crippen LogP contribution in [0.3, 0.4) is 0 Å². The molecule has 0 fully saturated rings. The molecule has 0 saturated carbocycles. The van der Waals surface area contributed by atoms with Crippen LogP contribution in [0.5, 0.6) is 0 Å². The second-order valence-corrected chi connectivity index (χ2v) is 4.03. The Morgan fingerprint density at radius 2 is 2.00 bits per heavy atom. The molecule has 0 spiro atoms. The smallest absolute Gasteiger partial charge is 0.183 e. The van der Waals surface area contributed by atoms with E-state index < -0.39 is 0 Å². The first-order valence-electron chi connectivity index (χ1n) is 5.42. The maximum absolute atomic E-state index is 5.77. The summed E-state index contributed by atoms with van der Waals surface area (Å²) in [4.78, 5) is 15.5. The van der Waals surface area contributed by atoms with Crippen LogP contribution in [-0.2, 0) is 0 Å². The average Bonchev–Trinajstić information content (AvgIpc) is 2.77. The van der Waals surface area contributed by atoms with Crippen molar-refractivity contribution in [3.8, 4) is 11.4 Å². The standard InChI is InChI=1S/C11H11N7/c1-5-3-7(6(2)18-17-5)10-15-8-9(12)13-4-14-11(8)16-10/h3-4H,1-2H3,(H3,12,13,14,15,16). The van der Waals surface area contributed by atoms with E-state index in [9.17, 15) is 0 Å². The Hall–Kier alpha value is -2.57. The number of aromatic amines is 1. The van der Waals surface area contributed by atoms with E-state index in [1.165, 1.54) is 6.33 Å². The summed E-state index contributed by atoms with van der Waals surface area (Å²) in [7, 11) is 0. The number of nitrogens with one attached hydrogen (secondary N) is 1. The van der Waals surface area contributed by atoms with Gasteiger partial charge in [-0.2, -0.15) is 10.2 Å². The van der Waals surface area contributed by atoms with Gasteiger partial charge in [0.15, 0.2) is 11.5 Å². The first-order valence-corrected chi connectivity index (χ1v) is 5.42. The van der Waals surface area contributed by atoms with Crippen LogP contribution in [0, 0.1) is 13.8 Å². The van der Waals surface area contributed by atoms with Crippen molar-refractivity contribution in [1.29, 1.82) is 0 Å². The summed E-state index contributed by atoms with van der Waals surface area (Å²) < 4.78 is 0. The molecule has 90 valence electrons. The van der Waals surface area contributed by atoms with Crippen molar-refractivity contribution in [3.63, 3.8) is 0 Å². The highest BCUT2D eigenvalue weighted by Crippen LogP contribution is 2.23. The highest BCUT2D eigenvalue weighted by molar-refractivity contribution is 5.84. The first kappa shape index (κ1) is 10.6. The predicted octanol–water partition coefficient (Wildman–Crippen LogP) is 1.01. The normalized spacial score (nSPS) is 11.0. The van der Waals surface area contributed by atoms with E-state index in [1.54, 1.807) is 0 Å². The number of aryl methyl sites for hydroxylation is 2. The molecule has 3 N–H and O–H groups in total. The van der Waals surface area contributed by atoms with Gasteiger partial charge in [-0.1, -0.05) is 0 Å². The van der Waals surface area contributed by atoms with Gasteiger partial charge in [-0.25, -0.2) is 15.0 Å². The van der Waals surface area contributed by atoms with Gasteiger partial charge < -0.3 is 10.7 Å². The lowest BCUT2D eigenvalue weighted by molar-refractivity contribution is 0.940. The summed E-state index contributed by atoms with van der Waals surface area (Å²) >= 11 is 0. The molecule has 0 amide bonds. The van der Waals surface area contributed by atoms with Gasteiger partial charge >= 0.3 is 0 Å².